The lowest BCUT2D eigenvalue weighted by Crippen LogP contribution is -2.15. The van der Waals surface area contributed by atoms with Crippen molar-refractivity contribution in [2.24, 2.45) is 0 Å². The Morgan fingerprint density at radius 3 is 2.62 bits per heavy atom. The number of halogens is 1. The Balaban J connectivity index is 2.02. The number of nitrogens with one attached hydrogen (secondary N) is 2. The van der Waals surface area contributed by atoms with Crippen LogP contribution in [0.1, 0.15) is 25.3 Å². The maximum atomic E-state index is 12.2. The van der Waals surface area contributed by atoms with Crippen LogP contribution in [0.5, 0.6) is 0 Å². The van der Waals surface area contributed by atoms with Crippen molar-refractivity contribution < 1.29 is 4.79 Å². The van der Waals surface area contributed by atoms with Gasteiger partial charge in [0.15, 0.2) is 0 Å². The van der Waals surface area contributed by atoms with Gasteiger partial charge < -0.3 is 16.4 Å². The van der Waals surface area contributed by atoms with Gasteiger partial charge in [0, 0.05) is 17.6 Å². The van der Waals surface area contributed by atoms with Crippen LogP contribution >= 0.6 is 11.6 Å². The summed E-state index contributed by atoms with van der Waals surface area (Å²) in [6.45, 7) is 2.16. The number of amides is 1. The summed E-state index contributed by atoms with van der Waals surface area (Å²) in [7, 11) is 0. The molecule has 0 bridgehead atoms. The highest BCUT2D eigenvalue weighted by Crippen LogP contribution is 2.24. The largest absolute Gasteiger partial charge is 0.399 e. The van der Waals surface area contributed by atoms with Crippen molar-refractivity contribution in [2.75, 3.05) is 16.4 Å². The van der Waals surface area contributed by atoms with Crippen LogP contribution in [0.15, 0.2) is 54.2 Å². The number of aryl methyl sites for hydroxylation is 1. The number of rotatable bonds is 7. The minimum Gasteiger partial charge on any atom is -0.399 e. The minimum absolute atomic E-state index is 0.0621. The number of carbonyl (C=O) groups is 1. The SMILES string of the molecule is CCCCc1ccc(N/C=C(/C#N)C(=O)Nc2ccc(N)cc2Cl)cc1. The van der Waals surface area contributed by atoms with Gasteiger partial charge in [0.2, 0.25) is 0 Å². The van der Waals surface area contributed by atoms with Crippen LogP contribution in [0, 0.1) is 11.3 Å². The van der Waals surface area contributed by atoms with Gasteiger partial charge in [-0.05, 0) is 48.7 Å². The number of hydrogen-bond acceptors (Lipinski definition) is 4. The Kier molecular flexibility index (Phi) is 7.07. The summed E-state index contributed by atoms with van der Waals surface area (Å²) in [5, 5.41) is 15.1. The van der Waals surface area contributed by atoms with Gasteiger partial charge in [-0.3, -0.25) is 4.79 Å². The molecular weight excluding hydrogens is 348 g/mol. The summed E-state index contributed by atoms with van der Waals surface area (Å²) in [6, 6.07) is 14.5. The van der Waals surface area contributed by atoms with Crippen LogP contribution in [0.3, 0.4) is 0 Å². The number of nitrogens with two attached hydrogens (primary N) is 1. The molecular formula is C20H21ClN4O. The molecule has 5 nitrogen and oxygen atoms in total. The molecule has 1 amide bonds. The molecule has 0 aliphatic rings. The number of anilines is 3. The van der Waals surface area contributed by atoms with Gasteiger partial charge in [-0.25, -0.2) is 0 Å². The van der Waals surface area contributed by atoms with Crippen molar-refractivity contribution in [1.29, 1.82) is 5.26 Å². The number of nitriles is 1. The molecule has 0 unspecified atom stereocenters. The van der Waals surface area contributed by atoms with Crippen molar-refractivity contribution in [1.82, 2.24) is 0 Å². The Morgan fingerprint density at radius 1 is 1.27 bits per heavy atom. The fourth-order valence-electron chi connectivity index (χ4n) is 2.28. The zero-order valence-corrected chi connectivity index (χ0v) is 15.3. The van der Waals surface area contributed by atoms with E-state index in [1.807, 2.05) is 30.3 Å². The van der Waals surface area contributed by atoms with E-state index < -0.39 is 5.91 Å². The summed E-state index contributed by atoms with van der Waals surface area (Å²) in [5.74, 6) is -0.550. The van der Waals surface area contributed by atoms with E-state index in [1.54, 1.807) is 12.1 Å². The van der Waals surface area contributed by atoms with E-state index >= 15 is 0 Å². The average molecular weight is 369 g/mol. The Hall–Kier alpha value is -2.97. The van der Waals surface area contributed by atoms with Crippen molar-refractivity contribution in [3.05, 3.63) is 64.8 Å². The summed E-state index contributed by atoms with van der Waals surface area (Å²) in [5.41, 5.74) is 8.51. The van der Waals surface area contributed by atoms with Gasteiger partial charge in [-0.15, -0.1) is 0 Å². The number of nitrogen functional groups attached to an aromatic ring is 1. The van der Waals surface area contributed by atoms with E-state index in [9.17, 15) is 10.1 Å². The van der Waals surface area contributed by atoms with Gasteiger partial charge in [0.1, 0.15) is 11.6 Å². The van der Waals surface area contributed by atoms with Gasteiger partial charge in [0.05, 0.1) is 10.7 Å². The molecule has 6 heteroatoms. The fraction of sp³-hybridized carbons (Fsp3) is 0.200. The second-order valence-corrected chi connectivity index (χ2v) is 6.22. The van der Waals surface area contributed by atoms with Gasteiger partial charge in [-0.1, -0.05) is 37.1 Å². The normalized spacial score (nSPS) is 10.9. The van der Waals surface area contributed by atoms with Gasteiger partial charge >= 0.3 is 0 Å². The molecule has 0 spiro atoms. The maximum absolute atomic E-state index is 12.2. The lowest BCUT2D eigenvalue weighted by atomic mass is 10.1. The Bertz CT molecular complexity index is 838. The van der Waals surface area contributed by atoms with Crippen molar-refractivity contribution in [2.45, 2.75) is 26.2 Å². The number of unbranched alkanes of at least 4 members (excludes halogenated alkanes) is 1. The fourth-order valence-corrected chi connectivity index (χ4v) is 2.51. The quantitative estimate of drug-likeness (QED) is 0.374. The van der Waals surface area contributed by atoms with Gasteiger partial charge in [0.25, 0.3) is 5.91 Å². The summed E-state index contributed by atoms with van der Waals surface area (Å²) < 4.78 is 0. The van der Waals surface area contributed by atoms with Crippen molar-refractivity contribution in [3.63, 3.8) is 0 Å². The highest BCUT2D eigenvalue weighted by molar-refractivity contribution is 6.34. The van der Waals surface area contributed by atoms with E-state index in [0.29, 0.717) is 16.4 Å². The zero-order valence-electron chi connectivity index (χ0n) is 14.6. The molecule has 4 N–H and O–H groups in total. The van der Waals surface area contributed by atoms with Crippen LogP contribution in [-0.4, -0.2) is 5.91 Å². The molecule has 2 rings (SSSR count). The standard InChI is InChI=1S/C20H21ClN4O/c1-2-3-4-14-5-8-17(9-6-14)24-13-15(12-22)20(26)25-19-10-7-16(23)11-18(19)21/h5-11,13,24H,2-4,23H2,1H3,(H,25,26)/b15-13-. The highest BCUT2D eigenvalue weighted by Gasteiger charge is 2.11. The lowest BCUT2D eigenvalue weighted by Gasteiger charge is -2.08. The van der Waals surface area contributed by atoms with Gasteiger partial charge in [-0.2, -0.15) is 5.26 Å². The molecule has 0 saturated heterocycles. The molecule has 0 heterocycles. The first-order valence-corrected chi connectivity index (χ1v) is 8.73. The van der Waals surface area contributed by atoms with E-state index in [0.717, 1.165) is 24.9 Å². The third-order valence-electron chi connectivity index (χ3n) is 3.76. The number of carbonyl (C=O) groups excluding carboxylic acids is 1. The maximum Gasteiger partial charge on any atom is 0.267 e. The van der Waals surface area contributed by atoms with E-state index in [-0.39, 0.29) is 5.57 Å². The Labute approximate surface area is 158 Å². The monoisotopic (exact) mass is 368 g/mol. The second kappa shape index (κ2) is 9.50. The lowest BCUT2D eigenvalue weighted by molar-refractivity contribution is -0.112. The number of nitrogens with zero attached hydrogens (tertiary/aromatic N) is 1. The summed E-state index contributed by atoms with van der Waals surface area (Å²) >= 11 is 6.03. The first-order valence-electron chi connectivity index (χ1n) is 8.35. The predicted octanol–water partition coefficient (Wildman–Crippen LogP) is 4.72. The Morgan fingerprint density at radius 2 is 2.00 bits per heavy atom. The van der Waals surface area contributed by atoms with E-state index in [2.05, 4.69) is 17.6 Å². The number of hydrogen-bond donors (Lipinski definition) is 3. The molecule has 2 aromatic rings. The third-order valence-corrected chi connectivity index (χ3v) is 4.08. The third kappa shape index (κ3) is 5.54. The van der Waals surface area contributed by atoms with E-state index in [1.165, 1.54) is 17.8 Å². The smallest absolute Gasteiger partial charge is 0.267 e. The van der Waals surface area contributed by atoms with Crippen LogP contribution in [0.4, 0.5) is 17.1 Å². The van der Waals surface area contributed by atoms with Crippen LogP contribution in [0.2, 0.25) is 5.02 Å². The van der Waals surface area contributed by atoms with Crippen LogP contribution in [-0.2, 0) is 11.2 Å². The zero-order chi connectivity index (χ0) is 18.9. The first-order chi connectivity index (χ1) is 12.5. The average Bonchev–Trinajstić information content (AvgIpc) is 2.64. The molecule has 0 aromatic heterocycles. The molecule has 0 fully saturated rings. The molecule has 26 heavy (non-hydrogen) atoms. The van der Waals surface area contributed by atoms with Crippen molar-refractivity contribution in [3.8, 4) is 6.07 Å². The van der Waals surface area contributed by atoms with Crippen molar-refractivity contribution >= 4 is 34.6 Å². The van der Waals surface area contributed by atoms with Crippen LogP contribution < -0.4 is 16.4 Å². The molecule has 0 saturated carbocycles. The molecule has 0 radical (unpaired) electrons. The highest BCUT2D eigenvalue weighted by atomic mass is 35.5. The minimum atomic E-state index is -0.550. The molecule has 134 valence electrons. The summed E-state index contributed by atoms with van der Waals surface area (Å²) in [4.78, 5) is 12.2. The first kappa shape index (κ1) is 19.4. The second-order valence-electron chi connectivity index (χ2n) is 5.81. The molecule has 0 aliphatic heterocycles. The predicted molar refractivity (Wildman–Crippen MR) is 107 cm³/mol. The molecule has 2 aromatic carbocycles. The molecule has 0 aliphatic carbocycles. The van der Waals surface area contributed by atoms with E-state index in [4.69, 9.17) is 17.3 Å². The topological polar surface area (TPSA) is 90.9 Å². The summed E-state index contributed by atoms with van der Waals surface area (Å²) in [6.07, 6.45) is 4.73. The molecule has 0 atom stereocenters. The van der Waals surface area contributed by atoms with Crippen LogP contribution in [0.25, 0.3) is 0 Å². The number of benzene rings is 2.